The summed E-state index contributed by atoms with van der Waals surface area (Å²) in [5.41, 5.74) is 9.05. The number of nitrogens with two attached hydrogens (primary N) is 1. The molecule has 17 heavy (non-hydrogen) atoms. The Kier molecular flexibility index (Phi) is 4.29. The number of carbonyl (C=O) groups is 1. The van der Waals surface area contributed by atoms with Gasteiger partial charge in [-0.15, -0.1) is 0 Å². The van der Waals surface area contributed by atoms with Crippen molar-refractivity contribution in [3.8, 4) is 0 Å². The molecule has 0 aliphatic carbocycles. The number of aryl methyl sites for hydroxylation is 1. The minimum Gasteiger partial charge on any atom is -0.351 e. The molecule has 0 radical (unpaired) electrons. The summed E-state index contributed by atoms with van der Waals surface area (Å²) in [7, 11) is 0. The van der Waals surface area contributed by atoms with Gasteiger partial charge in [0.25, 0.3) is 0 Å². The van der Waals surface area contributed by atoms with Crippen LogP contribution >= 0.6 is 0 Å². The van der Waals surface area contributed by atoms with Crippen molar-refractivity contribution in [2.75, 3.05) is 6.54 Å². The van der Waals surface area contributed by atoms with Crippen molar-refractivity contribution in [2.45, 2.75) is 39.7 Å². The van der Waals surface area contributed by atoms with Gasteiger partial charge in [-0.05, 0) is 29.0 Å². The van der Waals surface area contributed by atoms with Crippen LogP contribution in [0.25, 0.3) is 0 Å². The van der Waals surface area contributed by atoms with Gasteiger partial charge in [-0.1, -0.05) is 39.0 Å². The molecule has 0 saturated heterocycles. The third-order valence-corrected chi connectivity index (χ3v) is 2.87. The SMILES string of the molecule is Cc1cc(C(C)(C)C)ccc1CNC(=O)CN. The van der Waals surface area contributed by atoms with Gasteiger partial charge in [0.1, 0.15) is 0 Å². The molecule has 0 aliphatic rings. The molecule has 3 N–H and O–H groups in total. The van der Waals surface area contributed by atoms with Gasteiger partial charge in [0, 0.05) is 6.54 Å². The van der Waals surface area contributed by atoms with E-state index in [0.29, 0.717) is 6.54 Å². The molecule has 0 saturated carbocycles. The van der Waals surface area contributed by atoms with Gasteiger partial charge in [-0.3, -0.25) is 4.79 Å². The smallest absolute Gasteiger partial charge is 0.234 e. The highest BCUT2D eigenvalue weighted by Gasteiger charge is 2.14. The number of amides is 1. The number of benzene rings is 1. The van der Waals surface area contributed by atoms with Gasteiger partial charge >= 0.3 is 0 Å². The maximum absolute atomic E-state index is 11.1. The maximum Gasteiger partial charge on any atom is 0.234 e. The quantitative estimate of drug-likeness (QED) is 0.839. The molecule has 1 amide bonds. The molecule has 94 valence electrons. The Morgan fingerprint density at radius 3 is 2.47 bits per heavy atom. The summed E-state index contributed by atoms with van der Waals surface area (Å²) >= 11 is 0. The summed E-state index contributed by atoms with van der Waals surface area (Å²) in [5.74, 6) is -0.121. The van der Waals surface area contributed by atoms with E-state index in [0.717, 1.165) is 5.56 Å². The van der Waals surface area contributed by atoms with Crippen LogP contribution in [-0.4, -0.2) is 12.5 Å². The molecule has 0 heterocycles. The van der Waals surface area contributed by atoms with Crippen LogP contribution < -0.4 is 11.1 Å². The van der Waals surface area contributed by atoms with E-state index < -0.39 is 0 Å². The highest BCUT2D eigenvalue weighted by atomic mass is 16.1. The van der Waals surface area contributed by atoms with Gasteiger partial charge < -0.3 is 11.1 Å². The van der Waals surface area contributed by atoms with E-state index in [4.69, 9.17) is 5.73 Å². The Morgan fingerprint density at radius 1 is 1.35 bits per heavy atom. The van der Waals surface area contributed by atoms with Crippen molar-refractivity contribution >= 4 is 5.91 Å². The Bertz CT molecular complexity index is 405. The van der Waals surface area contributed by atoms with Crippen LogP contribution in [-0.2, 0) is 16.8 Å². The first kappa shape index (κ1) is 13.7. The minimum atomic E-state index is -0.121. The molecule has 0 fully saturated rings. The lowest BCUT2D eigenvalue weighted by atomic mass is 9.85. The van der Waals surface area contributed by atoms with Crippen molar-refractivity contribution in [1.29, 1.82) is 0 Å². The Hall–Kier alpha value is -1.35. The van der Waals surface area contributed by atoms with Crippen LogP contribution in [0.5, 0.6) is 0 Å². The largest absolute Gasteiger partial charge is 0.351 e. The van der Waals surface area contributed by atoms with Gasteiger partial charge in [-0.2, -0.15) is 0 Å². The van der Waals surface area contributed by atoms with Crippen LogP contribution in [0.3, 0.4) is 0 Å². The molecule has 0 bridgehead atoms. The zero-order chi connectivity index (χ0) is 13.1. The fourth-order valence-electron chi connectivity index (χ4n) is 1.63. The van der Waals surface area contributed by atoms with Crippen LogP contribution in [0, 0.1) is 6.92 Å². The fourth-order valence-corrected chi connectivity index (χ4v) is 1.63. The average Bonchev–Trinajstić information content (AvgIpc) is 2.25. The van der Waals surface area contributed by atoms with Gasteiger partial charge in [0.15, 0.2) is 0 Å². The number of hydrogen-bond donors (Lipinski definition) is 2. The topological polar surface area (TPSA) is 55.1 Å². The molecular formula is C14H22N2O. The van der Waals surface area contributed by atoms with Gasteiger partial charge in [0.05, 0.1) is 6.54 Å². The molecule has 1 aromatic carbocycles. The van der Waals surface area contributed by atoms with E-state index in [9.17, 15) is 4.79 Å². The van der Waals surface area contributed by atoms with Crippen LogP contribution in [0.15, 0.2) is 18.2 Å². The minimum absolute atomic E-state index is 0.0408. The molecule has 0 spiro atoms. The molecule has 0 atom stereocenters. The van der Waals surface area contributed by atoms with E-state index in [2.05, 4.69) is 51.2 Å². The van der Waals surface area contributed by atoms with E-state index in [1.54, 1.807) is 0 Å². The van der Waals surface area contributed by atoms with E-state index in [1.165, 1.54) is 11.1 Å². The molecule has 0 aliphatic heterocycles. The lowest BCUT2D eigenvalue weighted by Gasteiger charge is -2.20. The Labute approximate surface area is 103 Å². The number of rotatable bonds is 3. The zero-order valence-corrected chi connectivity index (χ0v) is 11.1. The maximum atomic E-state index is 11.1. The fraction of sp³-hybridized carbons (Fsp3) is 0.500. The second-order valence-electron chi connectivity index (χ2n) is 5.37. The lowest BCUT2D eigenvalue weighted by molar-refractivity contribution is -0.119. The van der Waals surface area contributed by atoms with E-state index in [-0.39, 0.29) is 17.9 Å². The number of carbonyl (C=O) groups excluding carboxylic acids is 1. The van der Waals surface area contributed by atoms with Crippen LogP contribution in [0.4, 0.5) is 0 Å². The summed E-state index contributed by atoms with van der Waals surface area (Å²) in [6.45, 7) is 9.23. The monoisotopic (exact) mass is 234 g/mol. The third-order valence-electron chi connectivity index (χ3n) is 2.87. The summed E-state index contributed by atoms with van der Waals surface area (Å²) in [6.07, 6.45) is 0. The highest BCUT2D eigenvalue weighted by Crippen LogP contribution is 2.24. The molecule has 1 aromatic rings. The van der Waals surface area contributed by atoms with Gasteiger partial charge in [0.2, 0.25) is 5.91 Å². The summed E-state index contributed by atoms with van der Waals surface area (Å²) in [6, 6.07) is 6.38. The molecule has 0 aromatic heterocycles. The predicted octanol–water partition coefficient (Wildman–Crippen LogP) is 1.87. The first-order valence-corrected chi connectivity index (χ1v) is 5.91. The summed E-state index contributed by atoms with van der Waals surface area (Å²) in [4.78, 5) is 11.1. The molecule has 0 unspecified atom stereocenters. The van der Waals surface area contributed by atoms with Crippen LogP contribution in [0.2, 0.25) is 0 Å². The number of hydrogen-bond acceptors (Lipinski definition) is 2. The summed E-state index contributed by atoms with van der Waals surface area (Å²) < 4.78 is 0. The second-order valence-corrected chi connectivity index (χ2v) is 5.37. The first-order valence-electron chi connectivity index (χ1n) is 5.91. The van der Waals surface area contributed by atoms with Crippen molar-refractivity contribution in [2.24, 2.45) is 5.73 Å². The average molecular weight is 234 g/mol. The highest BCUT2D eigenvalue weighted by molar-refractivity contribution is 5.77. The molecular weight excluding hydrogens is 212 g/mol. The molecule has 3 heteroatoms. The zero-order valence-electron chi connectivity index (χ0n) is 11.1. The standard InChI is InChI=1S/C14H22N2O/c1-10-7-12(14(2,3)4)6-5-11(10)9-16-13(17)8-15/h5-7H,8-9,15H2,1-4H3,(H,16,17). The second kappa shape index (κ2) is 5.32. The van der Waals surface area contributed by atoms with Crippen LogP contribution in [0.1, 0.15) is 37.5 Å². The third kappa shape index (κ3) is 3.86. The first-order chi connectivity index (χ1) is 7.84. The van der Waals surface area contributed by atoms with Gasteiger partial charge in [-0.25, -0.2) is 0 Å². The molecule has 3 nitrogen and oxygen atoms in total. The summed E-state index contributed by atoms with van der Waals surface area (Å²) in [5, 5.41) is 2.78. The predicted molar refractivity (Wildman–Crippen MR) is 70.8 cm³/mol. The van der Waals surface area contributed by atoms with Crippen molar-refractivity contribution in [3.05, 3.63) is 34.9 Å². The Balaban J connectivity index is 2.80. The lowest BCUT2D eigenvalue weighted by Crippen LogP contribution is -2.30. The van der Waals surface area contributed by atoms with Crippen molar-refractivity contribution in [3.63, 3.8) is 0 Å². The Morgan fingerprint density at radius 2 is 2.00 bits per heavy atom. The normalized spacial score (nSPS) is 11.4. The van der Waals surface area contributed by atoms with E-state index >= 15 is 0 Å². The van der Waals surface area contributed by atoms with E-state index in [1.807, 2.05) is 0 Å². The molecule has 1 rings (SSSR count). The van der Waals surface area contributed by atoms with Crippen molar-refractivity contribution < 1.29 is 4.79 Å². The van der Waals surface area contributed by atoms with Crippen molar-refractivity contribution in [1.82, 2.24) is 5.32 Å². The number of nitrogens with one attached hydrogen (secondary N) is 1.